The molecule has 0 spiro atoms. The van der Waals surface area contributed by atoms with Crippen molar-refractivity contribution in [3.8, 4) is 17.2 Å². The molecule has 2 atom stereocenters. The lowest BCUT2D eigenvalue weighted by Crippen LogP contribution is -2.29. The minimum atomic E-state index is -0.939. The number of rotatable bonds is 7. The fourth-order valence-electron chi connectivity index (χ4n) is 4.69. The average molecular weight is 522 g/mol. The summed E-state index contributed by atoms with van der Waals surface area (Å²) in [5.41, 5.74) is 1.90. The number of aliphatic hydroxyl groups excluding tert-OH is 1. The lowest BCUT2D eigenvalue weighted by Gasteiger charge is -2.23. The molecule has 3 aromatic rings. The molecule has 1 aromatic heterocycles. The molecule has 192 valence electrons. The van der Waals surface area contributed by atoms with Gasteiger partial charge in [-0.05, 0) is 69.2 Å². The van der Waals surface area contributed by atoms with Crippen molar-refractivity contribution in [3.05, 3.63) is 63.7 Å². The molecule has 3 heterocycles. The molecule has 1 saturated heterocycles. The quantitative estimate of drug-likeness (QED) is 0.273. The Morgan fingerprint density at radius 2 is 1.86 bits per heavy atom. The van der Waals surface area contributed by atoms with Crippen LogP contribution in [0.25, 0.3) is 5.76 Å². The molecule has 0 bridgehead atoms. The van der Waals surface area contributed by atoms with Crippen molar-refractivity contribution in [2.45, 2.75) is 46.3 Å². The number of hydrogen-bond donors (Lipinski definition) is 1. The number of fused-ring (bicyclic) bond motifs is 1. The number of carbonyl (C=O) groups is 2. The van der Waals surface area contributed by atoms with Crippen molar-refractivity contribution in [1.29, 1.82) is 0 Å². The number of ketones is 1. The molecule has 0 radical (unpaired) electrons. The van der Waals surface area contributed by atoms with E-state index in [0.29, 0.717) is 47.3 Å². The van der Waals surface area contributed by atoms with Crippen LogP contribution in [0.4, 0.5) is 5.13 Å². The lowest BCUT2D eigenvalue weighted by molar-refractivity contribution is -0.132. The molecule has 10 heteroatoms. The highest BCUT2D eigenvalue weighted by molar-refractivity contribution is 7.15. The Kier molecular flexibility index (Phi) is 6.59. The van der Waals surface area contributed by atoms with E-state index in [1.54, 1.807) is 43.3 Å². The third-order valence-corrected chi connectivity index (χ3v) is 7.06. The van der Waals surface area contributed by atoms with Crippen molar-refractivity contribution >= 4 is 33.9 Å². The third-order valence-electron chi connectivity index (χ3n) is 6.22. The largest absolute Gasteiger partial charge is 0.507 e. The van der Waals surface area contributed by atoms with Gasteiger partial charge in [0.15, 0.2) is 11.5 Å². The van der Waals surface area contributed by atoms with Gasteiger partial charge in [-0.1, -0.05) is 17.4 Å². The Labute approximate surface area is 218 Å². The molecule has 1 amide bonds. The zero-order valence-electron chi connectivity index (χ0n) is 21.0. The minimum Gasteiger partial charge on any atom is -0.507 e. The second kappa shape index (κ2) is 9.85. The zero-order valence-corrected chi connectivity index (χ0v) is 21.8. The van der Waals surface area contributed by atoms with E-state index in [0.717, 1.165) is 11.3 Å². The highest BCUT2D eigenvalue weighted by Crippen LogP contribution is 2.45. The number of benzene rings is 2. The molecule has 0 saturated carbocycles. The van der Waals surface area contributed by atoms with Gasteiger partial charge in [0.1, 0.15) is 22.6 Å². The van der Waals surface area contributed by atoms with Crippen LogP contribution in [0.5, 0.6) is 17.2 Å². The second-order valence-corrected chi connectivity index (χ2v) is 9.96. The normalized spacial score (nSPS) is 20.2. The molecule has 1 fully saturated rings. The van der Waals surface area contributed by atoms with Gasteiger partial charge in [0.25, 0.3) is 5.78 Å². The number of Topliss-reactive ketones (excluding diaryl/α,β-unsaturated/α-hetero) is 1. The topological polar surface area (TPSA) is 111 Å². The molecule has 37 heavy (non-hydrogen) atoms. The van der Waals surface area contributed by atoms with Gasteiger partial charge < -0.3 is 19.3 Å². The summed E-state index contributed by atoms with van der Waals surface area (Å²) in [5, 5.41) is 20.5. The number of amides is 1. The van der Waals surface area contributed by atoms with E-state index in [1.807, 2.05) is 20.8 Å². The molecular weight excluding hydrogens is 494 g/mol. The molecule has 1 N–H and O–H groups in total. The van der Waals surface area contributed by atoms with Crippen LogP contribution in [0.1, 0.15) is 48.5 Å². The van der Waals surface area contributed by atoms with Crippen LogP contribution >= 0.6 is 11.3 Å². The predicted molar refractivity (Wildman–Crippen MR) is 138 cm³/mol. The number of nitrogens with zero attached hydrogens (tertiary/aromatic N) is 3. The number of aliphatic hydroxyl groups is 1. The van der Waals surface area contributed by atoms with Crippen LogP contribution < -0.4 is 19.1 Å². The highest BCUT2D eigenvalue weighted by Gasteiger charge is 2.48. The van der Waals surface area contributed by atoms with Gasteiger partial charge in [0, 0.05) is 12.0 Å². The molecule has 2 aliphatic heterocycles. The van der Waals surface area contributed by atoms with Crippen LogP contribution in [0.15, 0.2) is 42.0 Å². The number of carbonyl (C=O) groups excluding carboxylic acids is 2. The summed E-state index contributed by atoms with van der Waals surface area (Å²) in [4.78, 5) is 28.1. The summed E-state index contributed by atoms with van der Waals surface area (Å²) in [7, 11) is 0. The maximum atomic E-state index is 13.4. The van der Waals surface area contributed by atoms with E-state index >= 15 is 0 Å². The monoisotopic (exact) mass is 521 g/mol. The Hall–Kier alpha value is -3.92. The first-order valence-electron chi connectivity index (χ1n) is 12.1. The predicted octanol–water partition coefficient (Wildman–Crippen LogP) is 4.59. The van der Waals surface area contributed by atoms with Crippen LogP contribution in [-0.4, -0.2) is 46.3 Å². The summed E-state index contributed by atoms with van der Waals surface area (Å²) in [6, 6.07) is 9.56. The van der Waals surface area contributed by atoms with E-state index in [4.69, 9.17) is 14.2 Å². The summed E-state index contributed by atoms with van der Waals surface area (Å²) in [5.74, 6) is -0.0754. The van der Waals surface area contributed by atoms with E-state index in [1.165, 1.54) is 16.2 Å². The number of ether oxygens (including phenoxy) is 3. The fourth-order valence-corrected chi connectivity index (χ4v) is 5.41. The molecule has 2 unspecified atom stereocenters. The second-order valence-electron chi connectivity index (χ2n) is 8.80. The Bertz CT molecular complexity index is 1410. The van der Waals surface area contributed by atoms with Crippen LogP contribution in [0.3, 0.4) is 0 Å². The first kappa shape index (κ1) is 24.8. The summed E-state index contributed by atoms with van der Waals surface area (Å²) in [6.07, 6.45) is 0.717. The molecule has 2 aliphatic rings. The van der Waals surface area contributed by atoms with Crippen molar-refractivity contribution in [3.63, 3.8) is 0 Å². The van der Waals surface area contributed by atoms with E-state index in [-0.39, 0.29) is 22.6 Å². The van der Waals surface area contributed by atoms with Crippen molar-refractivity contribution < 1.29 is 28.9 Å². The van der Waals surface area contributed by atoms with E-state index in [9.17, 15) is 14.7 Å². The van der Waals surface area contributed by atoms with Crippen molar-refractivity contribution in [2.75, 3.05) is 18.1 Å². The molecule has 5 rings (SSSR count). The van der Waals surface area contributed by atoms with Gasteiger partial charge in [0.05, 0.1) is 24.8 Å². The summed E-state index contributed by atoms with van der Waals surface area (Å²) < 4.78 is 17.3. The van der Waals surface area contributed by atoms with Gasteiger partial charge in [-0.15, -0.1) is 10.2 Å². The first-order chi connectivity index (χ1) is 17.8. The highest BCUT2D eigenvalue weighted by atomic mass is 32.1. The maximum absolute atomic E-state index is 13.4. The molecular formula is C27H27N3O6S. The zero-order chi connectivity index (χ0) is 26.3. The van der Waals surface area contributed by atoms with Gasteiger partial charge in [-0.3, -0.25) is 14.5 Å². The van der Waals surface area contributed by atoms with Crippen molar-refractivity contribution in [2.24, 2.45) is 0 Å². The Morgan fingerprint density at radius 3 is 2.57 bits per heavy atom. The van der Waals surface area contributed by atoms with Crippen LogP contribution in [-0.2, 0) is 16.0 Å². The first-order valence-corrected chi connectivity index (χ1v) is 12.9. The number of aromatic nitrogens is 2. The van der Waals surface area contributed by atoms with Gasteiger partial charge in [-0.2, -0.15) is 0 Å². The number of anilines is 1. The molecule has 9 nitrogen and oxygen atoms in total. The van der Waals surface area contributed by atoms with Crippen LogP contribution in [0, 0.1) is 6.92 Å². The fraction of sp³-hybridized carbons (Fsp3) is 0.333. The van der Waals surface area contributed by atoms with Gasteiger partial charge in [-0.25, -0.2) is 0 Å². The van der Waals surface area contributed by atoms with Gasteiger partial charge >= 0.3 is 5.91 Å². The third kappa shape index (κ3) is 4.42. The average Bonchev–Trinajstić information content (AvgIpc) is 3.54. The smallest absolute Gasteiger partial charge is 0.301 e. The van der Waals surface area contributed by atoms with Crippen LogP contribution in [0.2, 0.25) is 0 Å². The molecule has 2 aromatic carbocycles. The summed E-state index contributed by atoms with van der Waals surface area (Å²) >= 11 is 1.19. The lowest BCUT2D eigenvalue weighted by atomic mass is 9.94. The Balaban J connectivity index is 1.69. The van der Waals surface area contributed by atoms with E-state index < -0.39 is 17.7 Å². The Morgan fingerprint density at radius 1 is 1.11 bits per heavy atom. The molecule has 0 aliphatic carbocycles. The standard InChI is InChI=1S/C27H27N3O6S/c1-5-34-20-10-7-16(13-21(20)35-6-2)23-22(25(32)26(33)30(23)27-29-28-15(4)37-27)24(31)17-8-9-19-18(12-17)11-14(3)36-19/h7-10,12-14,23,31H,5-6,11H2,1-4H3. The maximum Gasteiger partial charge on any atom is 0.301 e. The minimum absolute atomic E-state index is 0.0273. The van der Waals surface area contributed by atoms with Crippen molar-refractivity contribution in [1.82, 2.24) is 10.2 Å². The summed E-state index contributed by atoms with van der Waals surface area (Å²) in [6.45, 7) is 8.31. The number of aryl methyl sites for hydroxylation is 1. The van der Waals surface area contributed by atoms with Gasteiger partial charge in [0.2, 0.25) is 5.13 Å². The number of hydrogen-bond acceptors (Lipinski definition) is 9. The van der Waals surface area contributed by atoms with E-state index in [2.05, 4.69) is 10.2 Å². The SMILES string of the molecule is CCOc1ccc(C2C(=C(O)c3ccc4c(c3)CC(C)O4)C(=O)C(=O)N2c2nnc(C)s2)cc1OCC.